The van der Waals surface area contributed by atoms with Crippen molar-refractivity contribution in [2.24, 2.45) is 0 Å². The highest BCUT2D eigenvalue weighted by Crippen LogP contribution is 2.35. The molecule has 4 rings (SSSR count). The van der Waals surface area contributed by atoms with E-state index in [9.17, 15) is 22.8 Å². The number of carbonyl (C=O) groups excluding carboxylic acids is 2. The average molecular weight is 419 g/mol. The Labute approximate surface area is 170 Å². The van der Waals surface area contributed by atoms with Crippen LogP contribution in [0.1, 0.15) is 23.0 Å². The highest BCUT2D eigenvalue weighted by atomic mass is 19.2. The Morgan fingerprint density at radius 2 is 1.83 bits per heavy atom. The number of carbonyl (C=O) groups is 2. The van der Waals surface area contributed by atoms with Gasteiger partial charge >= 0.3 is 0 Å². The molecule has 7 nitrogen and oxygen atoms in total. The Bertz CT molecular complexity index is 1030. The first-order valence-electron chi connectivity index (χ1n) is 9.41. The second-order valence-corrected chi connectivity index (χ2v) is 7.57. The fraction of sp³-hybridized carbons (Fsp3) is 0.350. The first-order valence-corrected chi connectivity index (χ1v) is 9.41. The third-order valence-electron chi connectivity index (χ3n) is 5.52. The van der Waals surface area contributed by atoms with Crippen molar-refractivity contribution in [2.75, 3.05) is 35.7 Å². The number of amides is 2. The Morgan fingerprint density at radius 1 is 1.20 bits per heavy atom. The minimum Gasteiger partial charge on any atom is -0.364 e. The predicted molar refractivity (Wildman–Crippen MR) is 105 cm³/mol. The van der Waals surface area contributed by atoms with E-state index in [1.54, 1.807) is 13.8 Å². The lowest BCUT2D eigenvalue weighted by Crippen LogP contribution is -2.57. The summed E-state index contributed by atoms with van der Waals surface area (Å²) in [5.41, 5.74) is 1.92. The Morgan fingerprint density at radius 3 is 2.47 bits per heavy atom. The number of pyridine rings is 1. The number of nitrogens with one attached hydrogen (secondary N) is 2. The van der Waals surface area contributed by atoms with Gasteiger partial charge in [-0.3, -0.25) is 9.59 Å². The van der Waals surface area contributed by atoms with Crippen molar-refractivity contribution in [3.05, 3.63) is 46.9 Å². The quantitative estimate of drug-likeness (QED) is 0.748. The lowest BCUT2D eigenvalue weighted by molar-refractivity contribution is -0.117. The van der Waals surface area contributed by atoms with Crippen LogP contribution in [0.25, 0.3) is 0 Å². The van der Waals surface area contributed by atoms with Gasteiger partial charge in [0, 0.05) is 31.8 Å². The molecule has 2 aliphatic rings. The summed E-state index contributed by atoms with van der Waals surface area (Å²) >= 11 is 0. The van der Waals surface area contributed by atoms with Crippen LogP contribution >= 0.6 is 0 Å². The molecule has 0 radical (unpaired) electrons. The standard InChI is InChI=1S/C20H20F3N5O2/c1-9-18-15(27(3)10(2)19(29)26-18)6-16(24-9)25-12-7-28(8-12)20(30)11-4-13(21)17(23)14(22)5-11/h4-6,10,12H,7-8H2,1-3H3,(H,24,25)(H,26,29)/t10-/m0/s1. The lowest BCUT2D eigenvalue weighted by atomic mass is 10.1. The maximum Gasteiger partial charge on any atom is 0.254 e. The van der Waals surface area contributed by atoms with E-state index in [2.05, 4.69) is 15.6 Å². The SMILES string of the molecule is Cc1nc(NC2CN(C(=O)c3cc(F)c(F)c(F)c3)C2)cc2c1NC(=O)[C@H](C)N2C. The van der Waals surface area contributed by atoms with Gasteiger partial charge in [-0.1, -0.05) is 0 Å². The van der Waals surface area contributed by atoms with Crippen molar-refractivity contribution >= 4 is 29.0 Å². The molecule has 0 bridgehead atoms. The second-order valence-electron chi connectivity index (χ2n) is 7.57. The summed E-state index contributed by atoms with van der Waals surface area (Å²) in [6, 6.07) is 2.80. The van der Waals surface area contributed by atoms with E-state index >= 15 is 0 Å². The number of nitrogens with zero attached hydrogens (tertiary/aromatic N) is 3. The molecule has 1 saturated heterocycles. The van der Waals surface area contributed by atoms with Crippen LogP contribution in [-0.2, 0) is 4.79 Å². The minimum atomic E-state index is -1.60. The second kappa shape index (κ2) is 7.19. The maximum atomic E-state index is 13.4. The summed E-state index contributed by atoms with van der Waals surface area (Å²) in [6.07, 6.45) is 0. The summed E-state index contributed by atoms with van der Waals surface area (Å²) in [5.74, 6) is -4.47. The van der Waals surface area contributed by atoms with Crippen molar-refractivity contribution in [1.29, 1.82) is 0 Å². The largest absolute Gasteiger partial charge is 0.364 e. The highest BCUT2D eigenvalue weighted by molar-refractivity contribution is 6.04. The van der Waals surface area contributed by atoms with E-state index in [1.165, 1.54) is 4.90 Å². The summed E-state index contributed by atoms with van der Waals surface area (Å²) in [5, 5.41) is 6.09. The zero-order valence-electron chi connectivity index (χ0n) is 16.6. The van der Waals surface area contributed by atoms with Gasteiger partial charge in [-0.2, -0.15) is 0 Å². The summed E-state index contributed by atoms with van der Waals surface area (Å²) in [7, 11) is 1.83. The number of rotatable bonds is 3. The first kappa shape index (κ1) is 20.0. The molecule has 2 N–H and O–H groups in total. The van der Waals surface area contributed by atoms with Gasteiger partial charge in [0.1, 0.15) is 11.9 Å². The smallest absolute Gasteiger partial charge is 0.254 e. The third kappa shape index (κ3) is 3.31. The lowest BCUT2D eigenvalue weighted by Gasteiger charge is -2.40. The number of hydrogen-bond donors (Lipinski definition) is 2. The number of aryl methyl sites for hydroxylation is 1. The molecule has 0 saturated carbocycles. The van der Waals surface area contributed by atoms with Gasteiger partial charge in [0.05, 0.1) is 23.1 Å². The van der Waals surface area contributed by atoms with Gasteiger partial charge in [-0.05, 0) is 26.0 Å². The number of anilines is 3. The van der Waals surface area contributed by atoms with Crippen LogP contribution < -0.4 is 15.5 Å². The molecule has 2 amide bonds. The van der Waals surface area contributed by atoms with Crippen LogP contribution in [0.3, 0.4) is 0 Å². The maximum absolute atomic E-state index is 13.4. The van der Waals surface area contributed by atoms with Crippen LogP contribution in [0, 0.1) is 24.4 Å². The van der Waals surface area contributed by atoms with Gasteiger partial charge in [0.15, 0.2) is 17.5 Å². The fourth-order valence-corrected chi connectivity index (χ4v) is 3.58. The number of likely N-dealkylation sites (tertiary alicyclic amines) is 1. The van der Waals surface area contributed by atoms with E-state index in [0.29, 0.717) is 42.4 Å². The monoisotopic (exact) mass is 419 g/mol. The van der Waals surface area contributed by atoms with E-state index in [-0.39, 0.29) is 23.6 Å². The van der Waals surface area contributed by atoms with E-state index in [1.807, 2.05) is 18.0 Å². The highest BCUT2D eigenvalue weighted by Gasteiger charge is 2.33. The molecule has 2 aromatic rings. The average Bonchev–Trinajstić information content (AvgIpc) is 2.67. The molecule has 1 aromatic carbocycles. The fourth-order valence-electron chi connectivity index (χ4n) is 3.58. The van der Waals surface area contributed by atoms with E-state index in [4.69, 9.17) is 0 Å². The zero-order chi connectivity index (χ0) is 21.7. The number of aromatic nitrogens is 1. The molecule has 0 aliphatic carbocycles. The van der Waals surface area contributed by atoms with Crippen molar-refractivity contribution in [3.63, 3.8) is 0 Å². The van der Waals surface area contributed by atoms with Crippen LogP contribution in [0.2, 0.25) is 0 Å². The molecule has 10 heteroatoms. The topological polar surface area (TPSA) is 77.6 Å². The number of hydrogen-bond acceptors (Lipinski definition) is 5. The van der Waals surface area contributed by atoms with Gasteiger partial charge < -0.3 is 20.4 Å². The van der Waals surface area contributed by atoms with Crippen LogP contribution in [0.5, 0.6) is 0 Å². The van der Waals surface area contributed by atoms with Gasteiger partial charge in [0.25, 0.3) is 5.91 Å². The van der Waals surface area contributed by atoms with Crippen molar-refractivity contribution in [1.82, 2.24) is 9.88 Å². The molecular formula is C20H20F3N5O2. The molecule has 30 heavy (non-hydrogen) atoms. The van der Waals surface area contributed by atoms with Crippen molar-refractivity contribution in [2.45, 2.75) is 25.9 Å². The van der Waals surface area contributed by atoms with Gasteiger partial charge in [0.2, 0.25) is 5.91 Å². The number of likely N-dealkylation sites (N-methyl/N-ethyl adjacent to an activating group) is 1. The minimum absolute atomic E-state index is 0.0996. The third-order valence-corrected chi connectivity index (χ3v) is 5.52. The Kier molecular flexibility index (Phi) is 4.79. The normalized spacial score (nSPS) is 18.6. The zero-order valence-corrected chi connectivity index (χ0v) is 16.6. The van der Waals surface area contributed by atoms with Crippen LogP contribution in [0.4, 0.5) is 30.4 Å². The molecule has 1 aromatic heterocycles. The Hall–Kier alpha value is -3.30. The number of halogens is 3. The van der Waals surface area contributed by atoms with Gasteiger partial charge in [-0.25, -0.2) is 18.2 Å². The van der Waals surface area contributed by atoms with Crippen molar-refractivity contribution < 1.29 is 22.8 Å². The molecule has 2 aliphatic heterocycles. The molecule has 1 fully saturated rings. The summed E-state index contributed by atoms with van der Waals surface area (Å²) in [4.78, 5) is 32.1. The molecule has 0 spiro atoms. The predicted octanol–water partition coefficient (Wildman–Crippen LogP) is 2.52. The molecule has 3 heterocycles. The van der Waals surface area contributed by atoms with E-state index < -0.39 is 23.4 Å². The molecular weight excluding hydrogens is 399 g/mol. The molecule has 158 valence electrons. The summed E-state index contributed by atoms with van der Waals surface area (Å²) < 4.78 is 39.8. The van der Waals surface area contributed by atoms with Crippen LogP contribution in [0.15, 0.2) is 18.2 Å². The van der Waals surface area contributed by atoms with E-state index in [0.717, 1.165) is 5.69 Å². The van der Waals surface area contributed by atoms with Gasteiger partial charge in [-0.15, -0.1) is 0 Å². The van der Waals surface area contributed by atoms with Crippen molar-refractivity contribution in [3.8, 4) is 0 Å². The summed E-state index contributed by atoms with van der Waals surface area (Å²) in [6.45, 7) is 4.21. The molecule has 0 unspecified atom stereocenters. The number of fused-ring (bicyclic) bond motifs is 1. The number of benzene rings is 1. The Balaban J connectivity index is 1.44. The first-order chi connectivity index (χ1) is 14.2. The molecule has 1 atom stereocenters. The van der Waals surface area contributed by atoms with Crippen LogP contribution in [-0.4, -0.2) is 53.9 Å².